The first-order valence-electron chi connectivity index (χ1n) is 12.3. The second-order valence-corrected chi connectivity index (χ2v) is 8.70. The Bertz CT molecular complexity index is 1040. The number of amides is 1. The largest absolute Gasteiger partial charge is 0.485 e. The van der Waals surface area contributed by atoms with Gasteiger partial charge in [-0.05, 0) is 42.7 Å². The average Bonchev–Trinajstić information content (AvgIpc) is 3.41. The smallest absolute Gasteiger partial charge is 0.255 e. The van der Waals surface area contributed by atoms with Gasteiger partial charge in [-0.1, -0.05) is 75.3 Å². The highest BCUT2D eigenvalue weighted by atomic mass is 16.6. The number of aromatic amines is 1. The van der Waals surface area contributed by atoms with Crippen LogP contribution in [0.3, 0.4) is 0 Å². The Morgan fingerprint density at radius 2 is 1.79 bits per heavy atom. The molecule has 0 fully saturated rings. The molecule has 2 heterocycles. The number of fused-ring (bicyclic) bond motifs is 1. The standard InChI is InChI=1S/C26H33N5O3/c1-2-3-4-5-6-7-8-9-11-19-14-16-20(17-15-19)26(32)27-21-12-10-13-22-24(21)34-23(18-33-22)25-28-30-31-29-25/h10,12-17,23H,2-9,11,18H2,1H3,(H,27,32)(H,28,29,30,31). The lowest BCUT2D eigenvalue weighted by atomic mass is 10.0. The second-order valence-electron chi connectivity index (χ2n) is 8.70. The summed E-state index contributed by atoms with van der Waals surface area (Å²) in [6.45, 7) is 2.52. The first kappa shape index (κ1) is 23.7. The Kier molecular flexibility index (Phi) is 8.48. The van der Waals surface area contributed by atoms with E-state index in [0.29, 0.717) is 28.6 Å². The molecule has 1 aliphatic heterocycles. The average molecular weight is 464 g/mol. The zero-order valence-corrected chi connectivity index (χ0v) is 19.8. The molecule has 0 saturated carbocycles. The molecule has 2 N–H and O–H groups in total. The summed E-state index contributed by atoms with van der Waals surface area (Å²) in [5.74, 6) is 1.23. The molecule has 0 bridgehead atoms. The number of unbranched alkanes of at least 4 members (excludes halogenated alkanes) is 7. The number of anilines is 1. The van der Waals surface area contributed by atoms with Crippen molar-refractivity contribution >= 4 is 11.6 Å². The summed E-state index contributed by atoms with van der Waals surface area (Å²) in [7, 11) is 0. The number of para-hydroxylation sites is 1. The number of carbonyl (C=O) groups excluding carboxylic acids is 1. The number of ether oxygens (including phenoxy) is 2. The van der Waals surface area contributed by atoms with Crippen molar-refractivity contribution in [2.75, 3.05) is 11.9 Å². The number of H-pyrrole nitrogens is 1. The van der Waals surface area contributed by atoms with Gasteiger partial charge in [-0.3, -0.25) is 4.79 Å². The minimum atomic E-state index is -0.500. The highest BCUT2D eigenvalue weighted by molar-refractivity contribution is 6.05. The van der Waals surface area contributed by atoms with E-state index in [-0.39, 0.29) is 12.5 Å². The lowest BCUT2D eigenvalue weighted by Gasteiger charge is -2.26. The molecule has 8 nitrogen and oxygen atoms in total. The molecule has 180 valence electrons. The van der Waals surface area contributed by atoms with Gasteiger partial charge in [0.1, 0.15) is 6.61 Å². The van der Waals surface area contributed by atoms with Crippen LogP contribution < -0.4 is 14.8 Å². The molecule has 1 aromatic heterocycles. The van der Waals surface area contributed by atoms with E-state index in [2.05, 4.69) is 32.9 Å². The van der Waals surface area contributed by atoms with E-state index in [1.54, 1.807) is 12.1 Å². The van der Waals surface area contributed by atoms with Gasteiger partial charge in [-0.25, -0.2) is 0 Å². The van der Waals surface area contributed by atoms with Crippen LogP contribution in [0, 0.1) is 0 Å². The number of rotatable bonds is 12. The molecule has 4 rings (SSSR count). The zero-order valence-electron chi connectivity index (χ0n) is 19.8. The fraction of sp³-hybridized carbons (Fsp3) is 0.462. The maximum Gasteiger partial charge on any atom is 0.255 e. The molecular weight excluding hydrogens is 430 g/mol. The minimum Gasteiger partial charge on any atom is -0.485 e. The van der Waals surface area contributed by atoms with Crippen LogP contribution in [0.1, 0.15) is 86.1 Å². The third-order valence-corrected chi connectivity index (χ3v) is 6.06. The molecule has 0 aliphatic carbocycles. The molecule has 2 aromatic carbocycles. The maximum absolute atomic E-state index is 12.9. The lowest BCUT2D eigenvalue weighted by Crippen LogP contribution is -2.24. The van der Waals surface area contributed by atoms with Crippen LogP contribution in [0.4, 0.5) is 5.69 Å². The molecule has 1 atom stereocenters. The molecule has 0 saturated heterocycles. The third kappa shape index (κ3) is 6.34. The number of benzene rings is 2. The van der Waals surface area contributed by atoms with Gasteiger partial charge in [0, 0.05) is 5.56 Å². The van der Waals surface area contributed by atoms with Crippen LogP contribution in [-0.4, -0.2) is 33.1 Å². The molecule has 1 amide bonds. The number of nitrogens with one attached hydrogen (secondary N) is 2. The van der Waals surface area contributed by atoms with E-state index < -0.39 is 6.10 Å². The highest BCUT2D eigenvalue weighted by Crippen LogP contribution is 2.41. The number of tetrazole rings is 1. The topological polar surface area (TPSA) is 102 Å². The Hall–Kier alpha value is -3.42. The number of aromatic nitrogens is 4. The monoisotopic (exact) mass is 463 g/mol. The molecule has 34 heavy (non-hydrogen) atoms. The van der Waals surface area contributed by atoms with Crippen molar-refractivity contribution in [3.63, 3.8) is 0 Å². The molecule has 0 spiro atoms. The van der Waals surface area contributed by atoms with Gasteiger partial charge >= 0.3 is 0 Å². The summed E-state index contributed by atoms with van der Waals surface area (Å²) >= 11 is 0. The third-order valence-electron chi connectivity index (χ3n) is 6.06. The summed E-state index contributed by atoms with van der Waals surface area (Å²) in [5, 5.41) is 16.9. The summed E-state index contributed by atoms with van der Waals surface area (Å²) < 4.78 is 11.8. The second kappa shape index (κ2) is 12.2. The first-order valence-corrected chi connectivity index (χ1v) is 12.3. The Morgan fingerprint density at radius 1 is 1.03 bits per heavy atom. The van der Waals surface area contributed by atoms with Crippen LogP contribution in [0.2, 0.25) is 0 Å². The highest BCUT2D eigenvalue weighted by Gasteiger charge is 2.28. The number of aryl methyl sites for hydroxylation is 1. The van der Waals surface area contributed by atoms with Crippen molar-refractivity contribution in [1.29, 1.82) is 0 Å². The van der Waals surface area contributed by atoms with Gasteiger partial charge < -0.3 is 14.8 Å². The quantitative estimate of drug-likeness (QED) is 0.337. The normalized spacial score (nSPS) is 14.7. The summed E-state index contributed by atoms with van der Waals surface area (Å²) in [4.78, 5) is 12.9. The SMILES string of the molecule is CCCCCCCCCCc1ccc(C(=O)Nc2cccc3c2OC(c2nn[nH]n2)CO3)cc1. The van der Waals surface area contributed by atoms with Gasteiger partial charge in [0.05, 0.1) is 5.69 Å². The molecule has 1 aliphatic rings. The minimum absolute atomic E-state index is 0.197. The Labute approximate surface area is 200 Å². The van der Waals surface area contributed by atoms with Gasteiger partial charge in [0.15, 0.2) is 17.6 Å². The molecule has 1 unspecified atom stereocenters. The van der Waals surface area contributed by atoms with Crippen LogP contribution in [0.25, 0.3) is 0 Å². The van der Waals surface area contributed by atoms with Crippen molar-refractivity contribution in [2.24, 2.45) is 0 Å². The van der Waals surface area contributed by atoms with Gasteiger partial charge in [0.2, 0.25) is 5.82 Å². The maximum atomic E-state index is 12.9. The molecule has 8 heteroatoms. The van der Waals surface area contributed by atoms with E-state index in [0.717, 1.165) is 6.42 Å². The Balaban J connectivity index is 1.28. The van der Waals surface area contributed by atoms with E-state index in [9.17, 15) is 4.79 Å². The van der Waals surface area contributed by atoms with Crippen LogP contribution in [-0.2, 0) is 6.42 Å². The van der Waals surface area contributed by atoms with Gasteiger partial charge in [-0.15, -0.1) is 10.2 Å². The van der Waals surface area contributed by atoms with E-state index in [4.69, 9.17) is 9.47 Å². The van der Waals surface area contributed by atoms with E-state index in [1.165, 1.54) is 56.9 Å². The molecular formula is C26H33N5O3. The summed E-state index contributed by atoms with van der Waals surface area (Å²) in [6, 6.07) is 13.3. The van der Waals surface area contributed by atoms with Crippen molar-refractivity contribution in [3.8, 4) is 11.5 Å². The molecule has 0 radical (unpaired) electrons. The summed E-state index contributed by atoms with van der Waals surface area (Å²) in [5.41, 5.74) is 2.40. The Morgan fingerprint density at radius 3 is 2.53 bits per heavy atom. The van der Waals surface area contributed by atoms with Gasteiger partial charge in [0.25, 0.3) is 5.91 Å². The van der Waals surface area contributed by atoms with Crippen molar-refractivity contribution < 1.29 is 14.3 Å². The summed E-state index contributed by atoms with van der Waals surface area (Å²) in [6.07, 6.45) is 11.0. The fourth-order valence-corrected chi connectivity index (χ4v) is 4.10. The number of hydrogen-bond donors (Lipinski definition) is 2. The number of carbonyl (C=O) groups is 1. The fourth-order valence-electron chi connectivity index (χ4n) is 4.10. The van der Waals surface area contributed by atoms with Crippen molar-refractivity contribution in [3.05, 3.63) is 59.4 Å². The van der Waals surface area contributed by atoms with Crippen molar-refractivity contribution in [1.82, 2.24) is 20.6 Å². The van der Waals surface area contributed by atoms with Crippen LogP contribution in [0.15, 0.2) is 42.5 Å². The zero-order chi connectivity index (χ0) is 23.6. The van der Waals surface area contributed by atoms with Crippen molar-refractivity contribution in [2.45, 2.75) is 70.8 Å². The first-order chi connectivity index (χ1) is 16.7. The predicted molar refractivity (Wildman–Crippen MR) is 130 cm³/mol. The van der Waals surface area contributed by atoms with E-state index in [1.807, 2.05) is 30.3 Å². The van der Waals surface area contributed by atoms with Gasteiger partial charge in [-0.2, -0.15) is 5.21 Å². The lowest BCUT2D eigenvalue weighted by molar-refractivity contribution is 0.0856. The van der Waals surface area contributed by atoms with Crippen LogP contribution >= 0.6 is 0 Å². The predicted octanol–water partition coefficient (Wildman–Crippen LogP) is 5.65. The van der Waals surface area contributed by atoms with Crippen LogP contribution in [0.5, 0.6) is 11.5 Å². The number of hydrogen-bond acceptors (Lipinski definition) is 6. The van der Waals surface area contributed by atoms with E-state index >= 15 is 0 Å². The number of nitrogens with zero attached hydrogens (tertiary/aromatic N) is 3. The molecule has 3 aromatic rings.